The van der Waals surface area contributed by atoms with E-state index in [1.807, 2.05) is 54.6 Å². The topological polar surface area (TPSA) is 201 Å². The van der Waals surface area contributed by atoms with Crippen LogP contribution >= 0.6 is 0 Å². The summed E-state index contributed by atoms with van der Waals surface area (Å²) in [6, 6.07) is 29.3. The Morgan fingerprint density at radius 3 is 2.30 bits per heavy atom. The Hall–Kier alpha value is -7.81. The number of hydrogen-bond acceptors (Lipinski definition) is 9. The minimum absolute atomic E-state index is 0.0429. The van der Waals surface area contributed by atoms with Gasteiger partial charge in [-0.05, 0) is 73.4 Å². The number of nitrogens with one attached hydrogen (secondary N) is 5. The molecule has 1 saturated heterocycles. The molecule has 6 aromatic rings. The van der Waals surface area contributed by atoms with Gasteiger partial charge in [-0.1, -0.05) is 54.6 Å². The van der Waals surface area contributed by atoms with Crippen molar-refractivity contribution in [2.45, 2.75) is 38.3 Å². The zero-order valence-electron chi connectivity index (χ0n) is 33.1. The van der Waals surface area contributed by atoms with Gasteiger partial charge in [-0.25, -0.2) is 0 Å². The molecule has 5 N–H and O–H groups in total. The number of imide groups is 2. The van der Waals surface area contributed by atoms with Crippen LogP contribution in [0.25, 0.3) is 22.0 Å². The Morgan fingerprint density at radius 1 is 0.770 bits per heavy atom. The number of nitrogens with zero attached hydrogens (tertiary/aromatic N) is 2. The highest BCUT2D eigenvalue weighted by atomic mass is 16.5. The number of unbranched alkanes of at least 4 members (excludes halogenated alkanes) is 1. The Morgan fingerprint density at radius 2 is 1.51 bits per heavy atom. The Kier molecular flexibility index (Phi) is 11.3. The van der Waals surface area contributed by atoms with Gasteiger partial charge in [0.05, 0.1) is 11.1 Å². The number of fused-ring (bicyclic) bond motifs is 2. The van der Waals surface area contributed by atoms with Gasteiger partial charge in [0, 0.05) is 67.1 Å². The first kappa shape index (κ1) is 40.0. The number of para-hydroxylation sites is 2. The maximum absolute atomic E-state index is 13.4. The summed E-state index contributed by atoms with van der Waals surface area (Å²) in [6.45, 7) is 1.04. The van der Waals surface area contributed by atoms with Crippen LogP contribution in [0.15, 0.2) is 114 Å². The number of pyridine rings is 1. The molecule has 1 fully saturated rings. The summed E-state index contributed by atoms with van der Waals surface area (Å²) in [7, 11) is 1.66. The molecule has 0 radical (unpaired) electrons. The van der Waals surface area contributed by atoms with Crippen molar-refractivity contribution >= 4 is 52.0 Å². The fourth-order valence-corrected chi connectivity index (χ4v) is 7.56. The molecule has 4 aromatic carbocycles. The van der Waals surface area contributed by atoms with Crippen molar-refractivity contribution in [3.8, 4) is 22.6 Å². The van der Waals surface area contributed by atoms with Gasteiger partial charge in [-0.3, -0.25) is 43.8 Å². The summed E-state index contributed by atoms with van der Waals surface area (Å²) in [5.41, 5.74) is 3.79. The van der Waals surface area contributed by atoms with Gasteiger partial charge in [-0.2, -0.15) is 0 Å². The molecule has 0 aliphatic carbocycles. The Bertz CT molecular complexity index is 2780. The van der Waals surface area contributed by atoms with E-state index in [4.69, 9.17) is 4.74 Å². The minimum Gasteiger partial charge on any atom is -0.457 e. The molecule has 61 heavy (non-hydrogen) atoms. The lowest BCUT2D eigenvalue weighted by Gasteiger charge is -2.27. The van der Waals surface area contributed by atoms with Crippen LogP contribution in [0.3, 0.4) is 0 Å². The summed E-state index contributed by atoms with van der Waals surface area (Å²) in [4.78, 5) is 93.8. The lowest BCUT2D eigenvalue weighted by atomic mass is 10.0. The second-order valence-electron chi connectivity index (χ2n) is 14.8. The number of hydrogen-bond donors (Lipinski definition) is 5. The lowest BCUT2D eigenvalue weighted by molar-refractivity contribution is -0.136. The van der Waals surface area contributed by atoms with E-state index < -0.39 is 35.6 Å². The van der Waals surface area contributed by atoms with E-state index in [2.05, 4.69) is 26.3 Å². The molecule has 308 valence electrons. The van der Waals surface area contributed by atoms with Crippen LogP contribution in [-0.2, 0) is 23.2 Å². The van der Waals surface area contributed by atoms with E-state index in [1.54, 1.807) is 61.8 Å². The lowest BCUT2D eigenvalue weighted by Crippen LogP contribution is -2.54. The molecule has 4 heterocycles. The van der Waals surface area contributed by atoms with Crippen LogP contribution in [0.2, 0.25) is 0 Å². The quantitative estimate of drug-likeness (QED) is 0.0717. The molecule has 6 amide bonds. The van der Waals surface area contributed by atoms with Crippen LogP contribution in [0, 0.1) is 0 Å². The fraction of sp³-hybridized carbons (Fsp3) is 0.196. The highest BCUT2D eigenvalue weighted by molar-refractivity contribution is 6.25. The van der Waals surface area contributed by atoms with E-state index >= 15 is 0 Å². The van der Waals surface area contributed by atoms with Crippen molar-refractivity contribution in [1.29, 1.82) is 0 Å². The number of rotatable bonds is 14. The third-order valence-corrected chi connectivity index (χ3v) is 10.7. The van der Waals surface area contributed by atoms with Crippen LogP contribution < -0.4 is 31.6 Å². The van der Waals surface area contributed by atoms with Gasteiger partial charge in [0.2, 0.25) is 11.8 Å². The maximum atomic E-state index is 13.4. The third kappa shape index (κ3) is 8.26. The van der Waals surface area contributed by atoms with Gasteiger partial charge in [0.25, 0.3) is 29.2 Å². The standard InChI is InChI=1S/C46H41N7O8/c1-52-26-33(30-12-5-6-15-37(30)61-29-10-3-2-4-11-29)32-24-35(50-40(32)46(52)60)42(56)49-25-27-16-18-28(19-17-27)41(55)48-23-8-7-22-47-34-14-9-13-31-39(34)45(59)53(44(31)58)36-20-21-38(54)51-43(36)57/h2-6,9-19,24,26,36,47,50H,7-8,20-23,25H2,1H3,(H,48,55)(H,49,56)(H,51,54,57). The number of anilines is 1. The average molecular weight is 820 g/mol. The highest BCUT2D eigenvalue weighted by Gasteiger charge is 2.45. The number of piperidine rings is 1. The zero-order chi connectivity index (χ0) is 42.6. The molecule has 1 atom stereocenters. The largest absolute Gasteiger partial charge is 0.457 e. The summed E-state index contributed by atoms with van der Waals surface area (Å²) in [5, 5.41) is 11.8. The molecule has 1 unspecified atom stereocenters. The van der Waals surface area contributed by atoms with Gasteiger partial charge >= 0.3 is 0 Å². The number of aromatic amines is 1. The molecule has 2 aliphatic rings. The minimum atomic E-state index is -1.04. The second-order valence-corrected chi connectivity index (χ2v) is 14.8. The number of aromatic nitrogens is 2. The van der Waals surface area contributed by atoms with Gasteiger partial charge in [0.15, 0.2) is 0 Å². The summed E-state index contributed by atoms with van der Waals surface area (Å²) < 4.78 is 7.67. The first-order valence-electron chi connectivity index (χ1n) is 19.9. The predicted molar refractivity (Wildman–Crippen MR) is 226 cm³/mol. The maximum Gasteiger partial charge on any atom is 0.274 e. The van der Waals surface area contributed by atoms with Crippen molar-refractivity contribution in [3.63, 3.8) is 0 Å². The van der Waals surface area contributed by atoms with E-state index in [1.165, 1.54) is 4.57 Å². The zero-order valence-corrected chi connectivity index (χ0v) is 33.1. The number of H-pyrrole nitrogens is 1. The van der Waals surface area contributed by atoms with Crippen molar-refractivity contribution < 1.29 is 33.5 Å². The van der Waals surface area contributed by atoms with Crippen molar-refractivity contribution in [1.82, 2.24) is 30.4 Å². The van der Waals surface area contributed by atoms with Crippen LogP contribution in [0.1, 0.15) is 72.8 Å². The van der Waals surface area contributed by atoms with Gasteiger partial charge in [0.1, 0.15) is 28.8 Å². The Balaban J connectivity index is 0.822. The summed E-state index contributed by atoms with van der Waals surface area (Å²) >= 11 is 0. The predicted octanol–water partition coefficient (Wildman–Crippen LogP) is 5.28. The number of ether oxygens (including phenoxy) is 1. The van der Waals surface area contributed by atoms with Gasteiger partial charge in [-0.15, -0.1) is 0 Å². The number of aryl methyl sites for hydroxylation is 1. The first-order valence-corrected chi connectivity index (χ1v) is 19.9. The van der Waals surface area contributed by atoms with Crippen LogP contribution in [0.4, 0.5) is 5.69 Å². The number of carbonyl (C=O) groups excluding carboxylic acids is 6. The average Bonchev–Trinajstić information content (AvgIpc) is 3.83. The first-order chi connectivity index (χ1) is 29.6. The van der Waals surface area contributed by atoms with Crippen LogP contribution in [0.5, 0.6) is 11.5 Å². The number of carbonyl (C=O) groups is 6. The van der Waals surface area contributed by atoms with E-state index in [0.29, 0.717) is 59.6 Å². The fourth-order valence-electron chi connectivity index (χ4n) is 7.56. The number of amides is 6. The molecule has 15 nitrogen and oxygen atoms in total. The molecule has 0 saturated carbocycles. The molecule has 0 spiro atoms. The van der Waals surface area contributed by atoms with Crippen LogP contribution in [-0.4, -0.2) is 69.0 Å². The van der Waals surface area contributed by atoms with Crippen molar-refractivity contribution in [3.05, 3.63) is 148 Å². The molecular formula is C46H41N7O8. The smallest absolute Gasteiger partial charge is 0.274 e. The van der Waals surface area contributed by atoms with E-state index in [-0.39, 0.29) is 47.7 Å². The Labute approximate surface area is 349 Å². The normalized spacial score (nSPS) is 14.8. The van der Waals surface area contributed by atoms with Gasteiger partial charge < -0.3 is 30.2 Å². The third-order valence-electron chi connectivity index (χ3n) is 10.7. The highest BCUT2D eigenvalue weighted by Crippen LogP contribution is 2.37. The number of benzene rings is 4. The molecule has 2 aliphatic heterocycles. The molecule has 0 bridgehead atoms. The van der Waals surface area contributed by atoms with E-state index in [9.17, 15) is 33.6 Å². The van der Waals surface area contributed by atoms with E-state index in [0.717, 1.165) is 21.6 Å². The molecule has 2 aromatic heterocycles. The monoisotopic (exact) mass is 819 g/mol. The molecular weight excluding hydrogens is 779 g/mol. The summed E-state index contributed by atoms with van der Waals surface area (Å²) in [6.07, 6.45) is 3.12. The molecule has 8 rings (SSSR count). The summed E-state index contributed by atoms with van der Waals surface area (Å²) in [5.74, 6) is -1.64. The second kappa shape index (κ2) is 17.2. The van der Waals surface area contributed by atoms with Crippen molar-refractivity contribution in [2.75, 3.05) is 18.4 Å². The SMILES string of the molecule is Cn1cc(-c2ccccc2Oc2ccccc2)c2cc(C(=O)NCc3ccc(C(=O)NCCCCNc4cccc5c4C(=O)N(C4CCC(=O)NC4=O)C5=O)cc3)[nH]c2c1=O. The van der Waals surface area contributed by atoms with Crippen molar-refractivity contribution in [2.24, 2.45) is 7.05 Å². The molecule has 15 heteroatoms.